The van der Waals surface area contributed by atoms with E-state index >= 15 is 0 Å². The number of benzene rings is 1. The van der Waals surface area contributed by atoms with Gasteiger partial charge < -0.3 is 9.47 Å². The molecule has 2 fully saturated rings. The first kappa shape index (κ1) is 19.2. The summed E-state index contributed by atoms with van der Waals surface area (Å²) in [4.78, 5) is 0. The molecule has 27 heavy (non-hydrogen) atoms. The van der Waals surface area contributed by atoms with Gasteiger partial charge in [0.05, 0.1) is 14.2 Å². The molecule has 0 saturated heterocycles. The van der Waals surface area contributed by atoms with Crippen LogP contribution in [0.15, 0.2) is 12.1 Å². The summed E-state index contributed by atoms with van der Waals surface area (Å²) in [6.07, 6.45) is 9.24. The smallest absolute Gasteiger partial charge is 0.161 e. The molecule has 150 valence electrons. The van der Waals surface area contributed by atoms with Crippen molar-refractivity contribution in [2.75, 3.05) is 14.2 Å². The minimum Gasteiger partial charge on any atom is -0.493 e. The van der Waals surface area contributed by atoms with Gasteiger partial charge in [-0.1, -0.05) is 41.0 Å². The van der Waals surface area contributed by atoms with Crippen LogP contribution >= 0.6 is 0 Å². The van der Waals surface area contributed by atoms with Gasteiger partial charge in [0.15, 0.2) is 11.5 Å². The van der Waals surface area contributed by atoms with E-state index in [2.05, 4.69) is 46.8 Å². The molecule has 1 aromatic rings. The average molecular weight is 371 g/mol. The second kappa shape index (κ2) is 5.91. The molecule has 2 heteroatoms. The number of hydrogen-bond acceptors (Lipinski definition) is 2. The number of ether oxygens (including phenoxy) is 2. The Morgan fingerprint density at radius 3 is 2.19 bits per heavy atom. The lowest BCUT2D eigenvalue weighted by Crippen LogP contribution is -2.63. The van der Waals surface area contributed by atoms with E-state index in [1.807, 2.05) is 0 Å². The summed E-state index contributed by atoms with van der Waals surface area (Å²) in [5, 5.41) is 0. The van der Waals surface area contributed by atoms with E-state index in [9.17, 15) is 0 Å². The van der Waals surface area contributed by atoms with Crippen molar-refractivity contribution in [1.82, 2.24) is 0 Å². The molecule has 0 bridgehead atoms. The van der Waals surface area contributed by atoms with Gasteiger partial charge in [0.1, 0.15) is 0 Å². The number of methoxy groups -OCH3 is 2. The summed E-state index contributed by atoms with van der Waals surface area (Å²) in [7, 11) is 3.51. The molecule has 4 atom stereocenters. The Kier molecular flexibility index (Phi) is 4.19. The van der Waals surface area contributed by atoms with Gasteiger partial charge in [-0.2, -0.15) is 0 Å². The lowest BCUT2D eigenvalue weighted by molar-refractivity contribution is -0.167. The van der Waals surface area contributed by atoms with Crippen molar-refractivity contribution in [3.63, 3.8) is 0 Å². The standard InChI is InChI=1S/C25H38O2/c1-22(2)11-8-12-24(4)21(22)10-13-23(3)18-16-20(27-7)19(26-6)15-17(18)9-14-25(23,24)5/h15-16,21H,8-14H2,1-7H3/t21?,23-,24-,25-/m0/s1. The van der Waals surface area contributed by atoms with Crippen molar-refractivity contribution in [3.8, 4) is 11.5 Å². The van der Waals surface area contributed by atoms with Gasteiger partial charge in [0.2, 0.25) is 0 Å². The van der Waals surface area contributed by atoms with Crippen LogP contribution in [-0.2, 0) is 11.8 Å². The molecule has 0 amide bonds. The van der Waals surface area contributed by atoms with Gasteiger partial charge in [-0.3, -0.25) is 0 Å². The number of aryl methyl sites for hydroxylation is 1. The van der Waals surface area contributed by atoms with E-state index in [0.29, 0.717) is 16.2 Å². The van der Waals surface area contributed by atoms with Crippen LogP contribution in [0.4, 0.5) is 0 Å². The first-order valence-corrected chi connectivity index (χ1v) is 10.9. The maximum Gasteiger partial charge on any atom is 0.161 e. The van der Waals surface area contributed by atoms with Crippen molar-refractivity contribution < 1.29 is 9.47 Å². The highest BCUT2D eigenvalue weighted by Crippen LogP contribution is 2.72. The SMILES string of the molecule is COc1cc2c(cc1OC)[C@]1(C)CCC3C(C)(C)CCC[C@]3(C)[C@@]1(C)CC2. The molecule has 0 spiro atoms. The van der Waals surface area contributed by atoms with Crippen molar-refractivity contribution in [2.45, 2.75) is 85.0 Å². The van der Waals surface area contributed by atoms with Gasteiger partial charge in [0, 0.05) is 0 Å². The van der Waals surface area contributed by atoms with Crippen molar-refractivity contribution >= 4 is 0 Å². The van der Waals surface area contributed by atoms with E-state index in [1.165, 1.54) is 49.7 Å². The molecule has 2 saturated carbocycles. The molecule has 0 N–H and O–H groups in total. The van der Waals surface area contributed by atoms with Crippen LogP contribution in [0.5, 0.6) is 11.5 Å². The highest BCUT2D eigenvalue weighted by molar-refractivity contribution is 5.52. The van der Waals surface area contributed by atoms with Gasteiger partial charge in [-0.25, -0.2) is 0 Å². The summed E-state index contributed by atoms with van der Waals surface area (Å²) in [6, 6.07) is 4.56. The minimum atomic E-state index is 0.207. The van der Waals surface area contributed by atoms with Crippen molar-refractivity contribution in [2.24, 2.45) is 22.2 Å². The highest BCUT2D eigenvalue weighted by Gasteiger charge is 2.65. The van der Waals surface area contributed by atoms with E-state index in [1.54, 1.807) is 14.2 Å². The molecule has 0 heterocycles. The Morgan fingerprint density at radius 1 is 0.852 bits per heavy atom. The van der Waals surface area contributed by atoms with Crippen LogP contribution in [0.2, 0.25) is 0 Å². The molecule has 0 radical (unpaired) electrons. The highest BCUT2D eigenvalue weighted by atomic mass is 16.5. The molecule has 2 nitrogen and oxygen atoms in total. The summed E-state index contributed by atoms with van der Waals surface area (Å²) < 4.78 is 11.3. The molecule has 1 unspecified atom stereocenters. The van der Waals surface area contributed by atoms with Gasteiger partial charge in [0.25, 0.3) is 0 Å². The molecular formula is C25H38O2. The van der Waals surface area contributed by atoms with Gasteiger partial charge in [-0.05, 0) is 89.4 Å². The Bertz CT molecular complexity index is 751. The molecule has 3 aliphatic rings. The number of hydrogen-bond donors (Lipinski definition) is 0. The fourth-order valence-corrected chi connectivity index (χ4v) is 7.85. The Morgan fingerprint density at radius 2 is 1.52 bits per heavy atom. The second-order valence-electron chi connectivity index (χ2n) is 10.9. The lowest BCUT2D eigenvalue weighted by atomic mass is 9.34. The average Bonchev–Trinajstić information content (AvgIpc) is 2.62. The molecular weight excluding hydrogens is 332 g/mol. The van der Waals surface area contributed by atoms with Crippen LogP contribution in [0.1, 0.15) is 84.3 Å². The number of fused-ring (bicyclic) bond motifs is 5. The fourth-order valence-electron chi connectivity index (χ4n) is 7.85. The Hall–Kier alpha value is -1.18. The zero-order valence-corrected chi connectivity index (χ0v) is 18.5. The Labute approximate surface area is 166 Å². The first-order valence-electron chi connectivity index (χ1n) is 10.9. The molecule has 3 aliphatic carbocycles. The van der Waals surface area contributed by atoms with Gasteiger partial charge >= 0.3 is 0 Å². The topological polar surface area (TPSA) is 18.5 Å². The minimum absolute atomic E-state index is 0.207. The zero-order valence-electron chi connectivity index (χ0n) is 18.5. The van der Waals surface area contributed by atoms with E-state index < -0.39 is 0 Å². The third kappa shape index (κ3) is 2.31. The van der Waals surface area contributed by atoms with E-state index in [0.717, 1.165) is 23.8 Å². The van der Waals surface area contributed by atoms with Crippen LogP contribution in [0.3, 0.4) is 0 Å². The summed E-state index contributed by atoms with van der Waals surface area (Å²) in [5.74, 6) is 2.60. The van der Waals surface area contributed by atoms with Crippen LogP contribution in [-0.4, -0.2) is 14.2 Å². The normalized spacial score (nSPS) is 39.7. The van der Waals surface area contributed by atoms with Crippen LogP contribution < -0.4 is 9.47 Å². The van der Waals surface area contributed by atoms with Crippen molar-refractivity contribution in [3.05, 3.63) is 23.3 Å². The zero-order chi connectivity index (χ0) is 19.7. The molecule has 0 aromatic heterocycles. The maximum absolute atomic E-state index is 5.70. The summed E-state index contributed by atoms with van der Waals surface area (Å²) in [5.41, 5.74) is 4.41. The predicted molar refractivity (Wildman–Crippen MR) is 112 cm³/mol. The molecule has 0 aliphatic heterocycles. The lowest BCUT2D eigenvalue weighted by Gasteiger charge is -2.70. The van der Waals surface area contributed by atoms with Gasteiger partial charge in [-0.15, -0.1) is 0 Å². The largest absolute Gasteiger partial charge is 0.493 e. The van der Waals surface area contributed by atoms with Crippen LogP contribution in [0, 0.1) is 22.2 Å². The third-order valence-electron chi connectivity index (χ3n) is 9.74. The first-order chi connectivity index (χ1) is 12.6. The molecule has 4 rings (SSSR count). The third-order valence-corrected chi connectivity index (χ3v) is 9.74. The Balaban J connectivity index is 1.87. The van der Waals surface area contributed by atoms with E-state index in [4.69, 9.17) is 9.47 Å². The van der Waals surface area contributed by atoms with E-state index in [-0.39, 0.29) is 5.41 Å². The number of rotatable bonds is 2. The molecule has 1 aromatic carbocycles. The summed E-state index contributed by atoms with van der Waals surface area (Å²) in [6.45, 7) is 12.9. The quantitative estimate of drug-likeness (QED) is 0.588. The van der Waals surface area contributed by atoms with Crippen LogP contribution in [0.25, 0.3) is 0 Å². The maximum atomic E-state index is 5.70. The monoisotopic (exact) mass is 370 g/mol. The second-order valence-corrected chi connectivity index (χ2v) is 10.9. The fraction of sp³-hybridized carbons (Fsp3) is 0.760. The summed E-state index contributed by atoms with van der Waals surface area (Å²) >= 11 is 0. The predicted octanol–water partition coefficient (Wildman–Crippen LogP) is 6.54. The van der Waals surface area contributed by atoms with Crippen molar-refractivity contribution in [1.29, 1.82) is 0 Å².